The third-order valence-corrected chi connectivity index (χ3v) is 4.40. The molecule has 0 aliphatic rings. The smallest absolute Gasteiger partial charge is 0.329 e. The maximum absolute atomic E-state index is 12.6. The Hall–Kier alpha value is -2.79. The summed E-state index contributed by atoms with van der Waals surface area (Å²) in [7, 11) is 0. The van der Waals surface area contributed by atoms with Crippen molar-refractivity contribution < 1.29 is 9.84 Å². The first-order valence-corrected chi connectivity index (χ1v) is 8.83. The van der Waals surface area contributed by atoms with Crippen molar-refractivity contribution in [2.75, 3.05) is 6.61 Å². The number of aliphatic hydroxyl groups is 1. The van der Waals surface area contributed by atoms with Crippen molar-refractivity contribution in [3.63, 3.8) is 0 Å². The largest absolute Gasteiger partial charge is 0.491 e. The number of hydrogen-bond donors (Lipinski definition) is 1. The minimum absolute atomic E-state index is 0.111. The van der Waals surface area contributed by atoms with Crippen LogP contribution in [0.1, 0.15) is 12.5 Å². The van der Waals surface area contributed by atoms with Crippen LogP contribution >= 0.6 is 0 Å². The Kier molecular flexibility index (Phi) is 5.58. The fourth-order valence-electron chi connectivity index (χ4n) is 3.17. The van der Waals surface area contributed by atoms with E-state index in [0.29, 0.717) is 13.0 Å². The molecule has 5 nitrogen and oxygen atoms in total. The topological polar surface area (TPSA) is 56.4 Å². The van der Waals surface area contributed by atoms with Gasteiger partial charge < -0.3 is 9.84 Å². The number of para-hydroxylation sites is 3. The first-order valence-electron chi connectivity index (χ1n) is 8.83. The highest BCUT2D eigenvalue weighted by Crippen LogP contribution is 2.19. The summed E-state index contributed by atoms with van der Waals surface area (Å²) < 4.78 is 9.11. The van der Waals surface area contributed by atoms with E-state index < -0.39 is 6.10 Å². The molecule has 0 spiro atoms. The Labute approximate surface area is 152 Å². The molecule has 1 unspecified atom stereocenters. The normalized spacial score (nSPS) is 12.2. The maximum Gasteiger partial charge on any atom is 0.329 e. The predicted octanol–water partition coefficient (Wildman–Crippen LogP) is 2.99. The lowest BCUT2D eigenvalue weighted by molar-refractivity contribution is 0.0920. The molecule has 3 aromatic rings. The molecule has 1 aromatic heterocycles. The van der Waals surface area contributed by atoms with Gasteiger partial charge >= 0.3 is 5.69 Å². The van der Waals surface area contributed by atoms with Gasteiger partial charge in [0.25, 0.3) is 0 Å². The Morgan fingerprint density at radius 1 is 1.12 bits per heavy atom. The van der Waals surface area contributed by atoms with Crippen LogP contribution in [0.4, 0.5) is 0 Å². The van der Waals surface area contributed by atoms with Crippen LogP contribution < -0.4 is 10.4 Å². The molecule has 1 heterocycles. The van der Waals surface area contributed by atoms with E-state index in [1.807, 2.05) is 61.5 Å². The van der Waals surface area contributed by atoms with Crippen LogP contribution in [-0.2, 0) is 19.5 Å². The van der Waals surface area contributed by atoms with Crippen molar-refractivity contribution in [1.82, 2.24) is 9.13 Å². The van der Waals surface area contributed by atoms with Crippen LogP contribution in [0.2, 0.25) is 0 Å². The van der Waals surface area contributed by atoms with E-state index in [0.717, 1.165) is 22.3 Å². The van der Waals surface area contributed by atoms with Crippen LogP contribution in [0.15, 0.2) is 66.0 Å². The van der Waals surface area contributed by atoms with Crippen molar-refractivity contribution in [1.29, 1.82) is 0 Å². The molecular weight excluding hydrogens is 328 g/mol. The van der Waals surface area contributed by atoms with Gasteiger partial charge in [0.1, 0.15) is 18.5 Å². The van der Waals surface area contributed by atoms with E-state index in [4.69, 9.17) is 4.74 Å². The van der Waals surface area contributed by atoms with Crippen molar-refractivity contribution in [3.8, 4) is 5.75 Å². The standard InChI is InChI=1S/C21H24N2O3/c1-3-9-16-10-5-8-13-20(16)26-15-17(24)14-23-19-12-7-6-11-18(19)22(4-2)21(23)25/h3,5-8,10-13,17,24H,1,4,9,14-15H2,2H3. The summed E-state index contributed by atoms with van der Waals surface area (Å²) in [6, 6.07) is 15.3. The number of allylic oxidation sites excluding steroid dienone is 1. The first kappa shape index (κ1) is 18.0. The second kappa shape index (κ2) is 8.06. The zero-order chi connectivity index (χ0) is 18.5. The molecular formula is C21H24N2O3. The average molecular weight is 352 g/mol. The van der Waals surface area contributed by atoms with Gasteiger partial charge in [0.05, 0.1) is 17.6 Å². The van der Waals surface area contributed by atoms with Crippen molar-refractivity contribution in [2.45, 2.75) is 32.5 Å². The highest BCUT2D eigenvalue weighted by atomic mass is 16.5. The Bertz CT molecular complexity index is 955. The summed E-state index contributed by atoms with van der Waals surface area (Å²) in [5, 5.41) is 10.4. The molecule has 0 bridgehead atoms. The maximum atomic E-state index is 12.6. The monoisotopic (exact) mass is 352 g/mol. The van der Waals surface area contributed by atoms with E-state index in [2.05, 4.69) is 6.58 Å². The van der Waals surface area contributed by atoms with Crippen LogP contribution in [-0.4, -0.2) is 27.0 Å². The average Bonchev–Trinajstić information content (AvgIpc) is 2.92. The zero-order valence-corrected chi connectivity index (χ0v) is 15.0. The number of imidazole rings is 1. The molecule has 2 aromatic carbocycles. The molecule has 1 N–H and O–H groups in total. The Balaban J connectivity index is 1.76. The van der Waals surface area contributed by atoms with E-state index in [1.54, 1.807) is 9.13 Å². The number of rotatable bonds is 8. The van der Waals surface area contributed by atoms with Crippen LogP contribution in [0.5, 0.6) is 5.75 Å². The van der Waals surface area contributed by atoms with Crippen LogP contribution in [0.25, 0.3) is 11.0 Å². The minimum atomic E-state index is -0.791. The molecule has 0 aliphatic heterocycles. The van der Waals surface area contributed by atoms with E-state index in [-0.39, 0.29) is 18.8 Å². The summed E-state index contributed by atoms with van der Waals surface area (Å²) in [6.07, 6.45) is 1.73. The highest BCUT2D eigenvalue weighted by molar-refractivity contribution is 5.75. The van der Waals surface area contributed by atoms with Gasteiger partial charge in [0.15, 0.2) is 0 Å². The van der Waals surface area contributed by atoms with Crippen LogP contribution in [0, 0.1) is 0 Å². The van der Waals surface area contributed by atoms with E-state index in [1.165, 1.54) is 0 Å². The number of hydrogen-bond acceptors (Lipinski definition) is 3. The summed E-state index contributed by atoms with van der Waals surface area (Å²) in [5.74, 6) is 0.731. The molecule has 1 atom stereocenters. The van der Waals surface area contributed by atoms with Crippen molar-refractivity contribution >= 4 is 11.0 Å². The summed E-state index contributed by atoms with van der Waals surface area (Å²) in [4.78, 5) is 12.6. The van der Waals surface area contributed by atoms with Crippen LogP contribution in [0.3, 0.4) is 0 Å². The molecule has 0 amide bonds. The molecule has 0 saturated heterocycles. The summed E-state index contributed by atoms with van der Waals surface area (Å²) in [6.45, 7) is 6.59. The zero-order valence-electron chi connectivity index (χ0n) is 15.0. The summed E-state index contributed by atoms with van der Waals surface area (Å²) >= 11 is 0. The molecule has 136 valence electrons. The molecule has 0 aliphatic carbocycles. The lowest BCUT2D eigenvalue weighted by atomic mass is 10.1. The number of ether oxygens (including phenoxy) is 1. The number of benzene rings is 2. The second-order valence-corrected chi connectivity index (χ2v) is 6.19. The summed E-state index contributed by atoms with van der Waals surface area (Å²) in [5.41, 5.74) is 2.61. The number of aliphatic hydroxyl groups excluding tert-OH is 1. The van der Waals surface area contributed by atoms with Gasteiger partial charge in [-0.15, -0.1) is 6.58 Å². The highest BCUT2D eigenvalue weighted by Gasteiger charge is 2.15. The Morgan fingerprint density at radius 2 is 1.77 bits per heavy atom. The molecule has 26 heavy (non-hydrogen) atoms. The number of nitrogens with zero attached hydrogens (tertiary/aromatic N) is 2. The van der Waals surface area contributed by atoms with Crippen molar-refractivity contribution in [2.24, 2.45) is 0 Å². The SMILES string of the molecule is C=CCc1ccccc1OCC(O)Cn1c(=O)n(CC)c2ccccc21. The van der Waals surface area contributed by atoms with Gasteiger partial charge in [-0.05, 0) is 37.1 Å². The quantitative estimate of drug-likeness (QED) is 0.634. The fraction of sp³-hybridized carbons (Fsp3) is 0.286. The lowest BCUT2D eigenvalue weighted by Crippen LogP contribution is -2.31. The third-order valence-electron chi connectivity index (χ3n) is 4.40. The van der Waals surface area contributed by atoms with Gasteiger partial charge in [-0.2, -0.15) is 0 Å². The molecule has 0 fully saturated rings. The van der Waals surface area contributed by atoms with Crippen molar-refractivity contribution in [3.05, 3.63) is 77.2 Å². The third kappa shape index (κ3) is 3.58. The number of aryl methyl sites for hydroxylation is 1. The number of fused-ring (bicyclic) bond motifs is 1. The van der Waals surface area contributed by atoms with E-state index in [9.17, 15) is 9.90 Å². The van der Waals surface area contributed by atoms with E-state index >= 15 is 0 Å². The minimum Gasteiger partial charge on any atom is -0.491 e. The van der Waals surface area contributed by atoms with Gasteiger partial charge in [0.2, 0.25) is 0 Å². The lowest BCUT2D eigenvalue weighted by Gasteiger charge is -2.15. The molecule has 0 saturated carbocycles. The first-order chi connectivity index (χ1) is 12.7. The second-order valence-electron chi connectivity index (χ2n) is 6.19. The molecule has 3 rings (SSSR count). The van der Waals surface area contributed by atoms with Gasteiger partial charge in [-0.1, -0.05) is 36.4 Å². The van der Waals surface area contributed by atoms with Gasteiger partial charge in [-0.25, -0.2) is 4.79 Å². The molecule has 0 radical (unpaired) electrons. The van der Waals surface area contributed by atoms with Gasteiger partial charge in [-0.3, -0.25) is 9.13 Å². The van der Waals surface area contributed by atoms with Gasteiger partial charge in [0, 0.05) is 6.54 Å². The molecule has 5 heteroatoms. The fourth-order valence-corrected chi connectivity index (χ4v) is 3.17. The number of aromatic nitrogens is 2. The Morgan fingerprint density at radius 3 is 2.46 bits per heavy atom. The predicted molar refractivity (Wildman–Crippen MR) is 104 cm³/mol.